The smallest absolute Gasteiger partial charge is 0.124 e. The van der Waals surface area contributed by atoms with Crippen molar-refractivity contribution in [1.29, 1.82) is 0 Å². The maximum atomic E-state index is 13.6. The van der Waals surface area contributed by atoms with E-state index in [0.29, 0.717) is 11.6 Å². The summed E-state index contributed by atoms with van der Waals surface area (Å²) in [7, 11) is 0. The van der Waals surface area contributed by atoms with E-state index in [0.717, 1.165) is 32.6 Å². The van der Waals surface area contributed by atoms with Gasteiger partial charge in [-0.3, -0.25) is 4.68 Å². The van der Waals surface area contributed by atoms with Crippen molar-refractivity contribution in [2.45, 2.75) is 34.2 Å². The van der Waals surface area contributed by atoms with Crippen LogP contribution in [0.5, 0.6) is 0 Å². The highest BCUT2D eigenvalue weighted by Gasteiger charge is 2.20. The second kappa shape index (κ2) is 8.60. The van der Waals surface area contributed by atoms with E-state index < -0.39 is 0 Å². The molecule has 0 atom stereocenters. The Morgan fingerprint density at radius 3 is 2.06 bits per heavy atom. The summed E-state index contributed by atoms with van der Waals surface area (Å²) in [5.74, 6) is -0.347. The summed E-state index contributed by atoms with van der Waals surface area (Å²) in [6.45, 7) is 8.85. The predicted octanol–water partition coefficient (Wildman–Crippen LogP) is 8.05. The first-order valence-electron chi connectivity index (χ1n) is 10.1. The van der Waals surface area contributed by atoms with Crippen molar-refractivity contribution in [2.75, 3.05) is 0 Å². The highest BCUT2D eigenvalue weighted by atomic mass is 79.9. The van der Waals surface area contributed by atoms with E-state index in [1.807, 2.05) is 4.68 Å². The van der Waals surface area contributed by atoms with Crippen LogP contribution in [0.1, 0.15) is 27.8 Å². The first-order chi connectivity index (χ1) is 14.7. The van der Waals surface area contributed by atoms with Crippen molar-refractivity contribution in [2.24, 2.45) is 0 Å². The van der Waals surface area contributed by atoms with Crippen LogP contribution in [0.3, 0.4) is 0 Å². The zero-order chi connectivity index (χ0) is 22.3. The van der Waals surface area contributed by atoms with Crippen LogP contribution in [-0.4, -0.2) is 9.78 Å². The van der Waals surface area contributed by atoms with Crippen molar-refractivity contribution in [3.8, 4) is 22.5 Å². The lowest BCUT2D eigenvalue weighted by atomic mass is 10.0. The molecule has 0 unspecified atom stereocenters. The Balaban J connectivity index is 1.90. The molecular weight excluding hydrogens is 475 g/mol. The molecule has 0 amide bonds. The Labute approximate surface area is 195 Å². The number of aryl methyl sites for hydroxylation is 4. The van der Waals surface area contributed by atoms with E-state index in [1.165, 1.54) is 34.4 Å². The molecule has 158 valence electrons. The molecule has 4 rings (SSSR count). The Morgan fingerprint density at radius 2 is 1.45 bits per heavy atom. The number of halogens is 3. The number of aromatic nitrogens is 2. The first kappa shape index (κ1) is 21.8. The highest BCUT2D eigenvalue weighted by molar-refractivity contribution is 9.10. The molecule has 1 heterocycles. The molecule has 2 nitrogen and oxygen atoms in total. The molecule has 1 aromatic heterocycles. The SMILES string of the molecule is Cc1ccc(-c2nn(Cc3ccc(F)cc3Cl)c(-c3ccc(C)c(C)c3)c2Br)cc1C. The average Bonchev–Trinajstić information content (AvgIpc) is 3.04. The van der Waals surface area contributed by atoms with Gasteiger partial charge in [-0.1, -0.05) is 41.9 Å². The van der Waals surface area contributed by atoms with Crippen LogP contribution >= 0.6 is 27.5 Å². The molecule has 0 aliphatic heterocycles. The lowest BCUT2D eigenvalue weighted by Gasteiger charge is -2.11. The fraction of sp³-hybridized carbons (Fsp3) is 0.192. The quantitative estimate of drug-likeness (QED) is 0.279. The lowest BCUT2D eigenvalue weighted by molar-refractivity contribution is 0.625. The van der Waals surface area contributed by atoms with Gasteiger partial charge in [-0.2, -0.15) is 5.10 Å². The van der Waals surface area contributed by atoms with Gasteiger partial charge < -0.3 is 0 Å². The standard InChI is InChI=1S/C26H23BrClFN2/c1-15-5-7-19(11-17(15)3)25-24(27)26(20-8-6-16(2)18(4)12-20)31(30-25)14-21-9-10-22(29)13-23(21)28/h5-13H,14H2,1-4H3. The molecule has 0 aliphatic rings. The number of rotatable bonds is 4. The summed E-state index contributed by atoms with van der Waals surface area (Å²) in [6.07, 6.45) is 0. The third-order valence-electron chi connectivity index (χ3n) is 5.79. The molecule has 0 bridgehead atoms. The summed E-state index contributed by atoms with van der Waals surface area (Å²) < 4.78 is 16.4. The van der Waals surface area contributed by atoms with Crippen LogP contribution in [0.4, 0.5) is 4.39 Å². The number of benzene rings is 3. The molecular formula is C26H23BrClFN2. The minimum absolute atomic E-state index is 0.347. The van der Waals surface area contributed by atoms with Gasteiger partial charge in [0.2, 0.25) is 0 Å². The van der Waals surface area contributed by atoms with Gasteiger partial charge >= 0.3 is 0 Å². The summed E-state index contributed by atoms with van der Waals surface area (Å²) in [4.78, 5) is 0. The van der Waals surface area contributed by atoms with Crippen LogP contribution in [-0.2, 0) is 6.54 Å². The Kier molecular flexibility index (Phi) is 6.05. The molecule has 3 aromatic carbocycles. The topological polar surface area (TPSA) is 17.8 Å². The summed E-state index contributed by atoms with van der Waals surface area (Å²) in [5.41, 5.74) is 9.67. The molecule has 4 aromatic rings. The summed E-state index contributed by atoms with van der Waals surface area (Å²) >= 11 is 10.2. The van der Waals surface area contributed by atoms with Gasteiger partial charge in [-0.05, 0) is 95.7 Å². The summed E-state index contributed by atoms with van der Waals surface area (Å²) in [6, 6.07) is 17.2. The van der Waals surface area contributed by atoms with E-state index >= 15 is 0 Å². The fourth-order valence-corrected chi connectivity index (χ4v) is 4.57. The van der Waals surface area contributed by atoms with Crippen molar-refractivity contribution in [3.63, 3.8) is 0 Å². The van der Waals surface area contributed by atoms with Crippen LogP contribution in [0, 0.1) is 33.5 Å². The summed E-state index contributed by atoms with van der Waals surface area (Å²) in [5, 5.41) is 5.35. The molecule has 0 fully saturated rings. The fourth-order valence-electron chi connectivity index (χ4n) is 3.60. The van der Waals surface area contributed by atoms with E-state index in [-0.39, 0.29) is 5.82 Å². The Morgan fingerprint density at radius 1 is 0.839 bits per heavy atom. The number of nitrogens with zero attached hydrogens (tertiary/aromatic N) is 2. The molecule has 0 aliphatic carbocycles. The maximum absolute atomic E-state index is 13.6. The second-order valence-corrected chi connectivity index (χ2v) is 9.20. The molecule has 0 saturated carbocycles. The molecule has 5 heteroatoms. The van der Waals surface area contributed by atoms with Gasteiger partial charge in [0.05, 0.1) is 16.7 Å². The van der Waals surface area contributed by atoms with Crippen molar-refractivity contribution >= 4 is 27.5 Å². The van der Waals surface area contributed by atoms with Crippen molar-refractivity contribution in [1.82, 2.24) is 9.78 Å². The van der Waals surface area contributed by atoms with Crippen molar-refractivity contribution in [3.05, 3.63) is 97.7 Å². The molecule has 0 saturated heterocycles. The Hall–Kier alpha value is -2.43. The third-order valence-corrected chi connectivity index (χ3v) is 6.89. The minimum atomic E-state index is -0.347. The lowest BCUT2D eigenvalue weighted by Crippen LogP contribution is -2.05. The highest BCUT2D eigenvalue weighted by Crippen LogP contribution is 2.38. The second-order valence-electron chi connectivity index (χ2n) is 8.00. The zero-order valence-corrected chi connectivity index (χ0v) is 20.3. The number of hydrogen-bond donors (Lipinski definition) is 0. The third kappa shape index (κ3) is 4.32. The van der Waals surface area contributed by atoms with E-state index in [9.17, 15) is 4.39 Å². The predicted molar refractivity (Wildman–Crippen MR) is 130 cm³/mol. The average molecular weight is 498 g/mol. The first-order valence-corrected chi connectivity index (χ1v) is 11.3. The van der Waals surface area contributed by atoms with Crippen LogP contribution in [0.15, 0.2) is 59.1 Å². The molecule has 31 heavy (non-hydrogen) atoms. The normalized spacial score (nSPS) is 11.2. The van der Waals surface area contributed by atoms with Crippen molar-refractivity contribution < 1.29 is 4.39 Å². The monoisotopic (exact) mass is 496 g/mol. The van der Waals surface area contributed by atoms with E-state index in [4.69, 9.17) is 16.7 Å². The largest absolute Gasteiger partial charge is 0.259 e. The minimum Gasteiger partial charge on any atom is -0.259 e. The Bertz CT molecular complexity index is 1290. The van der Waals surface area contributed by atoms with Crippen LogP contribution in [0.2, 0.25) is 5.02 Å². The van der Waals surface area contributed by atoms with Gasteiger partial charge in [0.1, 0.15) is 11.5 Å². The molecule has 0 spiro atoms. The van der Waals surface area contributed by atoms with E-state index in [2.05, 4.69) is 80.0 Å². The van der Waals surface area contributed by atoms with Crippen LogP contribution in [0.25, 0.3) is 22.5 Å². The van der Waals surface area contributed by atoms with Crippen LogP contribution < -0.4 is 0 Å². The zero-order valence-electron chi connectivity index (χ0n) is 17.9. The van der Waals surface area contributed by atoms with Gasteiger partial charge in [-0.15, -0.1) is 0 Å². The maximum Gasteiger partial charge on any atom is 0.124 e. The van der Waals surface area contributed by atoms with Gasteiger partial charge in [0.25, 0.3) is 0 Å². The number of hydrogen-bond acceptors (Lipinski definition) is 1. The molecule has 0 N–H and O–H groups in total. The van der Waals surface area contributed by atoms with Gasteiger partial charge in [0.15, 0.2) is 0 Å². The molecule has 0 radical (unpaired) electrons. The van der Waals surface area contributed by atoms with E-state index in [1.54, 1.807) is 6.07 Å². The van der Waals surface area contributed by atoms with Gasteiger partial charge in [-0.25, -0.2) is 4.39 Å². The van der Waals surface area contributed by atoms with Gasteiger partial charge in [0, 0.05) is 16.1 Å².